The number of aryl methyl sites for hydroxylation is 1. The number of benzene rings is 1. The number of rotatable bonds is 4. The fourth-order valence-corrected chi connectivity index (χ4v) is 4.73. The Bertz CT molecular complexity index is 794. The van der Waals surface area contributed by atoms with E-state index in [1.807, 2.05) is 26.0 Å². The smallest absolute Gasteiger partial charge is 0.318 e. The normalized spacial score (nSPS) is 22.7. The second-order valence-corrected chi connectivity index (χ2v) is 9.15. The van der Waals surface area contributed by atoms with Gasteiger partial charge in [-0.3, -0.25) is 0 Å². The van der Waals surface area contributed by atoms with Crippen molar-refractivity contribution in [2.75, 3.05) is 32.5 Å². The van der Waals surface area contributed by atoms with Crippen molar-refractivity contribution in [2.24, 2.45) is 5.92 Å². The maximum absolute atomic E-state index is 12.7. The van der Waals surface area contributed by atoms with E-state index in [-0.39, 0.29) is 23.7 Å². The number of hydrogen-bond acceptors (Lipinski definition) is 4. The molecule has 0 aliphatic carbocycles. The third-order valence-electron chi connectivity index (χ3n) is 5.35. The van der Waals surface area contributed by atoms with E-state index in [1.54, 1.807) is 4.90 Å². The molecule has 0 spiro atoms. The van der Waals surface area contributed by atoms with Crippen molar-refractivity contribution in [3.8, 4) is 5.75 Å². The van der Waals surface area contributed by atoms with E-state index in [2.05, 4.69) is 10.0 Å². The zero-order valence-electron chi connectivity index (χ0n) is 15.5. The van der Waals surface area contributed by atoms with E-state index in [9.17, 15) is 13.2 Å². The third kappa shape index (κ3) is 3.96. The second-order valence-electron chi connectivity index (χ2n) is 7.18. The van der Waals surface area contributed by atoms with Gasteiger partial charge in [0.1, 0.15) is 12.4 Å². The molecule has 7 nitrogen and oxygen atoms in total. The van der Waals surface area contributed by atoms with E-state index < -0.39 is 10.0 Å². The minimum absolute atomic E-state index is 0.0380. The predicted molar refractivity (Wildman–Crippen MR) is 99.8 cm³/mol. The molecular formula is C18H27N3O4S. The topological polar surface area (TPSA) is 87.7 Å². The summed E-state index contributed by atoms with van der Waals surface area (Å²) < 4.78 is 31.7. The summed E-state index contributed by atoms with van der Waals surface area (Å²) in [5, 5.41) is 3.05. The van der Waals surface area contributed by atoms with Crippen molar-refractivity contribution in [1.29, 1.82) is 0 Å². The Morgan fingerprint density at radius 3 is 2.85 bits per heavy atom. The van der Waals surface area contributed by atoms with E-state index in [0.717, 1.165) is 29.7 Å². The number of carbonyl (C=O) groups is 1. The molecule has 144 valence electrons. The average Bonchev–Trinajstić information content (AvgIpc) is 3.01. The number of ether oxygens (including phenoxy) is 1. The Morgan fingerprint density at radius 2 is 2.12 bits per heavy atom. The lowest BCUT2D eigenvalue weighted by atomic mass is 10.00. The molecular weight excluding hydrogens is 354 g/mol. The van der Waals surface area contributed by atoms with Crippen LogP contribution in [-0.2, 0) is 10.0 Å². The summed E-state index contributed by atoms with van der Waals surface area (Å²) in [6, 6.07) is 3.73. The zero-order valence-corrected chi connectivity index (χ0v) is 16.4. The van der Waals surface area contributed by atoms with Crippen molar-refractivity contribution in [2.45, 2.75) is 32.7 Å². The minimum atomic E-state index is -3.27. The van der Waals surface area contributed by atoms with Crippen LogP contribution in [0.15, 0.2) is 12.1 Å². The van der Waals surface area contributed by atoms with Crippen LogP contribution >= 0.6 is 0 Å². The maximum Gasteiger partial charge on any atom is 0.318 e. The molecule has 1 fully saturated rings. The number of hydrogen-bond donors (Lipinski definition) is 2. The Morgan fingerprint density at radius 1 is 1.35 bits per heavy atom. The first kappa shape index (κ1) is 19.0. The fourth-order valence-electron chi connectivity index (χ4n) is 3.67. The van der Waals surface area contributed by atoms with E-state index >= 15 is 0 Å². The first-order valence-corrected chi connectivity index (χ1v) is 10.7. The van der Waals surface area contributed by atoms with Gasteiger partial charge in [0.25, 0.3) is 0 Å². The Balaban J connectivity index is 1.64. The number of amides is 2. The maximum atomic E-state index is 12.7. The number of likely N-dealkylation sites (tertiary alicyclic amines) is 1. The zero-order chi connectivity index (χ0) is 18.9. The molecule has 2 aliphatic heterocycles. The molecule has 0 bridgehead atoms. The van der Waals surface area contributed by atoms with Gasteiger partial charge in [-0.05, 0) is 50.8 Å². The lowest BCUT2D eigenvalue weighted by Crippen LogP contribution is -2.48. The van der Waals surface area contributed by atoms with Gasteiger partial charge in [-0.1, -0.05) is 12.1 Å². The summed E-state index contributed by atoms with van der Waals surface area (Å²) >= 11 is 0. The number of nitrogens with zero attached hydrogens (tertiary/aromatic N) is 1. The highest BCUT2D eigenvalue weighted by Crippen LogP contribution is 2.36. The molecule has 2 aliphatic rings. The Hall–Kier alpha value is -1.80. The van der Waals surface area contributed by atoms with Crippen LogP contribution < -0.4 is 14.8 Å². The van der Waals surface area contributed by atoms with Crippen molar-refractivity contribution in [3.05, 3.63) is 28.8 Å². The summed E-state index contributed by atoms with van der Waals surface area (Å²) in [4.78, 5) is 14.4. The van der Waals surface area contributed by atoms with E-state index in [1.165, 1.54) is 12.6 Å². The molecule has 2 amide bonds. The van der Waals surface area contributed by atoms with Crippen LogP contribution in [0.5, 0.6) is 5.75 Å². The molecule has 1 aromatic carbocycles. The minimum Gasteiger partial charge on any atom is -0.490 e. The van der Waals surface area contributed by atoms with Gasteiger partial charge >= 0.3 is 6.03 Å². The molecule has 0 aromatic heterocycles. The molecule has 1 aromatic rings. The summed E-state index contributed by atoms with van der Waals surface area (Å²) in [5.74, 6) is 0.886. The molecule has 2 heterocycles. The quantitative estimate of drug-likeness (QED) is 0.831. The molecule has 2 unspecified atom stereocenters. The number of nitrogens with one attached hydrogen (secondary N) is 2. The van der Waals surface area contributed by atoms with Crippen LogP contribution in [0.1, 0.15) is 35.6 Å². The highest BCUT2D eigenvalue weighted by Gasteiger charge is 2.31. The van der Waals surface area contributed by atoms with Gasteiger partial charge in [0.05, 0.1) is 11.8 Å². The fraction of sp³-hybridized carbons (Fsp3) is 0.611. The molecule has 2 N–H and O–H groups in total. The van der Waals surface area contributed by atoms with Gasteiger partial charge in [0.15, 0.2) is 0 Å². The van der Waals surface area contributed by atoms with E-state index in [0.29, 0.717) is 19.7 Å². The van der Waals surface area contributed by atoms with Crippen LogP contribution in [-0.4, -0.2) is 51.8 Å². The molecule has 26 heavy (non-hydrogen) atoms. The molecule has 3 rings (SSSR count). The Kier molecular flexibility index (Phi) is 5.43. The monoisotopic (exact) mass is 381 g/mol. The van der Waals surface area contributed by atoms with Crippen LogP contribution in [0.3, 0.4) is 0 Å². The van der Waals surface area contributed by atoms with Crippen molar-refractivity contribution in [1.82, 2.24) is 14.9 Å². The lowest BCUT2D eigenvalue weighted by Gasteiger charge is -2.33. The van der Waals surface area contributed by atoms with Gasteiger partial charge in [-0.15, -0.1) is 0 Å². The largest absolute Gasteiger partial charge is 0.490 e. The predicted octanol–water partition coefficient (Wildman–Crippen LogP) is 1.71. The van der Waals surface area contributed by atoms with Crippen LogP contribution in [0.4, 0.5) is 4.79 Å². The van der Waals surface area contributed by atoms with Crippen LogP contribution in [0.25, 0.3) is 0 Å². The van der Waals surface area contributed by atoms with Crippen molar-refractivity contribution in [3.63, 3.8) is 0 Å². The molecule has 1 saturated heterocycles. The summed E-state index contributed by atoms with van der Waals surface area (Å²) in [6.45, 7) is 5.60. The third-order valence-corrected chi connectivity index (χ3v) is 6.88. The molecule has 0 saturated carbocycles. The van der Waals surface area contributed by atoms with Crippen molar-refractivity contribution < 1.29 is 17.9 Å². The van der Waals surface area contributed by atoms with Crippen LogP contribution in [0.2, 0.25) is 0 Å². The number of urea groups is 1. The standard InChI is InChI=1S/C18H27N3O4S/c1-12-6-7-15-16(10-25-17(15)13(12)2)20-18(22)21-8-4-5-14(9-21)11-26(23,24)19-3/h6-7,14,16,19H,4-5,8-11H2,1-3H3,(H,20,22). The van der Waals surface area contributed by atoms with Crippen molar-refractivity contribution >= 4 is 16.1 Å². The summed E-state index contributed by atoms with van der Waals surface area (Å²) in [5.41, 5.74) is 3.28. The van der Waals surface area contributed by atoms with Gasteiger partial charge in [0, 0.05) is 18.7 Å². The second kappa shape index (κ2) is 7.44. The van der Waals surface area contributed by atoms with E-state index in [4.69, 9.17) is 4.74 Å². The Labute approximate surface area is 155 Å². The van der Waals surface area contributed by atoms with Gasteiger partial charge in [-0.2, -0.15) is 0 Å². The average molecular weight is 381 g/mol. The molecule has 0 radical (unpaired) electrons. The molecule has 8 heteroatoms. The number of sulfonamides is 1. The van der Waals surface area contributed by atoms with Gasteiger partial charge in [-0.25, -0.2) is 17.9 Å². The first-order chi connectivity index (χ1) is 12.3. The number of carbonyl (C=O) groups excluding carboxylic acids is 1. The number of piperidine rings is 1. The number of fused-ring (bicyclic) bond motifs is 1. The lowest BCUT2D eigenvalue weighted by molar-refractivity contribution is 0.164. The highest BCUT2D eigenvalue weighted by atomic mass is 32.2. The summed E-state index contributed by atoms with van der Waals surface area (Å²) in [6.07, 6.45) is 1.63. The van der Waals surface area contributed by atoms with Crippen LogP contribution in [0, 0.1) is 19.8 Å². The summed E-state index contributed by atoms with van der Waals surface area (Å²) in [7, 11) is -1.85. The SMILES string of the molecule is CNS(=O)(=O)CC1CCCN(C(=O)NC2COc3c2ccc(C)c3C)C1. The van der Waals surface area contributed by atoms with Gasteiger partial charge in [0.2, 0.25) is 10.0 Å². The molecule has 2 atom stereocenters. The first-order valence-electron chi connectivity index (χ1n) is 9.00. The van der Waals surface area contributed by atoms with Gasteiger partial charge < -0.3 is 15.0 Å². The highest BCUT2D eigenvalue weighted by molar-refractivity contribution is 7.89.